The third kappa shape index (κ3) is 2.83. The lowest BCUT2D eigenvalue weighted by Gasteiger charge is -2.34. The maximum absolute atomic E-state index is 12.8. The molecule has 2 fully saturated rings. The van der Waals surface area contributed by atoms with Gasteiger partial charge in [-0.2, -0.15) is 5.10 Å². The summed E-state index contributed by atoms with van der Waals surface area (Å²) in [5, 5.41) is 12.3. The van der Waals surface area contributed by atoms with Crippen molar-refractivity contribution in [1.29, 1.82) is 0 Å². The lowest BCUT2D eigenvalue weighted by molar-refractivity contribution is -0.125. The van der Waals surface area contributed by atoms with E-state index in [-0.39, 0.29) is 17.9 Å². The van der Waals surface area contributed by atoms with Crippen LogP contribution in [0.15, 0.2) is 42.7 Å². The van der Waals surface area contributed by atoms with Crippen LogP contribution in [0.4, 0.5) is 4.79 Å². The summed E-state index contributed by atoms with van der Waals surface area (Å²) >= 11 is 0. The van der Waals surface area contributed by atoms with Crippen LogP contribution >= 0.6 is 0 Å². The average molecular weight is 353 g/mol. The van der Waals surface area contributed by atoms with Gasteiger partial charge in [-0.15, -0.1) is 0 Å². The molecule has 4 amide bonds. The molecule has 2 aromatic rings. The molecule has 1 saturated carbocycles. The van der Waals surface area contributed by atoms with Gasteiger partial charge in [0.05, 0.1) is 11.3 Å². The van der Waals surface area contributed by atoms with Crippen LogP contribution in [-0.4, -0.2) is 39.2 Å². The van der Waals surface area contributed by atoms with E-state index in [0.29, 0.717) is 36.9 Å². The Kier molecular flexibility index (Phi) is 3.95. The second-order valence-electron chi connectivity index (χ2n) is 6.71. The van der Waals surface area contributed by atoms with E-state index < -0.39 is 11.6 Å². The first-order chi connectivity index (χ1) is 12.6. The zero-order chi connectivity index (χ0) is 18.1. The summed E-state index contributed by atoms with van der Waals surface area (Å²) in [6, 6.07) is 8.61. The smallest absolute Gasteiger partial charge is 0.322 e. The van der Waals surface area contributed by atoms with Crippen molar-refractivity contribution in [2.45, 2.75) is 37.3 Å². The van der Waals surface area contributed by atoms with E-state index in [1.807, 2.05) is 18.2 Å². The molecule has 1 aliphatic carbocycles. The van der Waals surface area contributed by atoms with Gasteiger partial charge in [-0.1, -0.05) is 12.1 Å². The van der Waals surface area contributed by atoms with Crippen LogP contribution in [0.25, 0.3) is 5.69 Å². The molecular weight excluding hydrogens is 334 g/mol. The van der Waals surface area contributed by atoms with E-state index in [2.05, 4.69) is 21.0 Å². The normalized spacial score (nSPS) is 25.0. The molecule has 8 nitrogen and oxygen atoms in total. The summed E-state index contributed by atoms with van der Waals surface area (Å²) in [5.74, 6) is -0.437. The summed E-state index contributed by atoms with van der Waals surface area (Å²) in [7, 11) is 0. The largest absolute Gasteiger partial charge is 0.349 e. The maximum Gasteiger partial charge on any atom is 0.322 e. The third-order valence-corrected chi connectivity index (χ3v) is 5.09. The number of aromatic nitrogens is 2. The number of nitrogens with one attached hydrogen (secondary N) is 3. The van der Waals surface area contributed by atoms with Crippen LogP contribution in [-0.2, 0) is 4.79 Å². The van der Waals surface area contributed by atoms with Crippen LogP contribution < -0.4 is 16.0 Å². The monoisotopic (exact) mass is 353 g/mol. The Hall–Kier alpha value is -3.16. The zero-order valence-electron chi connectivity index (χ0n) is 14.1. The Labute approximate surface area is 150 Å². The molecule has 1 aliphatic heterocycles. The molecule has 0 atom stereocenters. The molecule has 1 aromatic carbocycles. The van der Waals surface area contributed by atoms with E-state index in [1.54, 1.807) is 29.2 Å². The van der Waals surface area contributed by atoms with Crippen molar-refractivity contribution in [3.05, 3.63) is 48.3 Å². The van der Waals surface area contributed by atoms with Gasteiger partial charge in [0.25, 0.3) is 11.8 Å². The predicted octanol–water partition coefficient (Wildman–Crippen LogP) is 1.12. The number of hydrogen-bond acceptors (Lipinski definition) is 4. The number of benzene rings is 1. The van der Waals surface area contributed by atoms with Crippen LogP contribution in [0.1, 0.15) is 36.0 Å². The number of urea groups is 1. The first-order valence-corrected chi connectivity index (χ1v) is 8.61. The highest BCUT2D eigenvalue weighted by molar-refractivity contribution is 6.07. The fourth-order valence-electron chi connectivity index (χ4n) is 3.67. The molecule has 26 heavy (non-hydrogen) atoms. The molecule has 2 heterocycles. The number of hydrogen-bond donors (Lipinski definition) is 3. The van der Waals surface area contributed by atoms with Crippen molar-refractivity contribution in [3.8, 4) is 5.69 Å². The summed E-state index contributed by atoms with van der Waals surface area (Å²) in [4.78, 5) is 36.2. The minimum absolute atomic E-state index is 0.0379. The van der Waals surface area contributed by atoms with Gasteiger partial charge < -0.3 is 10.6 Å². The molecule has 8 heteroatoms. The van der Waals surface area contributed by atoms with Gasteiger partial charge in [0.1, 0.15) is 5.54 Å². The molecule has 134 valence electrons. The molecule has 4 rings (SSSR count). The van der Waals surface area contributed by atoms with E-state index in [9.17, 15) is 14.4 Å². The molecule has 0 radical (unpaired) electrons. The number of amides is 4. The number of rotatable bonds is 3. The van der Waals surface area contributed by atoms with Crippen molar-refractivity contribution < 1.29 is 14.4 Å². The summed E-state index contributed by atoms with van der Waals surface area (Å²) in [5.41, 5.74) is 0.443. The van der Waals surface area contributed by atoms with E-state index in [0.717, 1.165) is 0 Å². The Bertz CT molecular complexity index is 853. The number of nitrogens with zero attached hydrogens (tertiary/aromatic N) is 2. The minimum Gasteiger partial charge on any atom is -0.349 e. The number of carbonyl (C=O) groups is 3. The van der Waals surface area contributed by atoms with Crippen LogP contribution in [0.5, 0.6) is 0 Å². The van der Waals surface area contributed by atoms with Crippen LogP contribution in [0, 0.1) is 0 Å². The Morgan fingerprint density at radius 1 is 1.19 bits per heavy atom. The van der Waals surface area contributed by atoms with Gasteiger partial charge in [0, 0.05) is 18.4 Å². The van der Waals surface area contributed by atoms with Gasteiger partial charge in [-0.25, -0.2) is 9.48 Å². The molecule has 2 aliphatic rings. The first kappa shape index (κ1) is 16.3. The first-order valence-electron chi connectivity index (χ1n) is 8.61. The van der Waals surface area contributed by atoms with Crippen LogP contribution in [0.2, 0.25) is 0 Å². The topological polar surface area (TPSA) is 105 Å². The fraction of sp³-hybridized carbons (Fsp3) is 0.333. The zero-order valence-corrected chi connectivity index (χ0v) is 14.1. The summed E-state index contributed by atoms with van der Waals surface area (Å²) < 4.78 is 1.66. The summed E-state index contributed by atoms with van der Waals surface area (Å²) in [6.45, 7) is 0. The Morgan fingerprint density at radius 2 is 1.96 bits per heavy atom. The standard InChI is InChI=1S/C18H19N5O3/c24-15(13-4-1-2-5-14(13)23-11-3-10-19-23)20-12-6-8-18(9-7-12)16(25)21-17(26)22-18/h1-5,10-12H,6-9H2,(H,20,24)(H2,21,22,25,26). The lowest BCUT2D eigenvalue weighted by atomic mass is 9.79. The van der Waals surface area contributed by atoms with Gasteiger partial charge in [-0.3, -0.25) is 14.9 Å². The number of carbonyl (C=O) groups excluding carboxylic acids is 3. The maximum atomic E-state index is 12.8. The third-order valence-electron chi connectivity index (χ3n) is 5.09. The van der Waals surface area contributed by atoms with Crippen molar-refractivity contribution in [3.63, 3.8) is 0 Å². The van der Waals surface area contributed by atoms with E-state index in [1.165, 1.54) is 0 Å². The molecule has 1 aromatic heterocycles. The van der Waals surface area contributed by atoms with E-state index >= 15 is 0 Å². The SMILES string of the molecule is O=C1NC(=O)C2(CCC(NC(=O)c3ccccc3-n3cccn3)CC2)N1. The van der Waals surface area contributed by atoms with Crippen molar-refractivity contribution >= 4 is 17.8 Å². The number of imide groups is 1. The van der Waals surface area contributed by atoms with Gasteiger partial charge in [0.15, 0.2) is 0 Å². The fourth-order valence-corrected chi connectivity index (χ4v) is 3.67. The van der Waals surface area contributed by atoms with Gasteiger partial charge in [0.2, 0.25) is 0 Å². The highest BCUT2D eigenvalue weighted by atomic mass is 16.2. The van der Waals surface area contributed by atoms with Gasteiger partial charge >= 0.3 is 6.03 Å². The second-order valence-corrected chi connectivity index (χ2v) is 6.71. The van der Waals surface area contributed by atoms with Crippen molar-refractivity contribution in [1.82, 2.24) is 25.7 Å². The highest BCUT2D eigenvalue weighted by Crippen LogP contribution is 2.31. The van der Waals surface area contributed by atoms with Crippen molar-refractivity contribution in [2.75, 3.05) is 0 Å². The highest BCUT2D eigenvalue weighted by Gasteiger charge is 2.48. The molecule has 0 unspecified atom stereocenters. The minimum atomic E-state index is -0.814. The van der Waals surface area contributed by atoms with Crippen molar-refractivity contribution in [2.24, 2.45) is 0 Å². The predicted molar refractivity (Wildman–Crippen MR) is 92.7 cm³/mol. The van der Waals surface area contributed by atoms with E-state index in [4.69, 9.17) is 0 Å². The average Bonchev–Trinajstić information content (AvgIpc) is 3.26. The molecular formula is C18H19N5O3. The number of para-hydroxylation sites is 1. The van der Waals surface area contributed by atoms with Gasteiger partial charge in [-0.05, 0) is 43.9 Å². The molecule has 0 bridgehead atoms. The molecule has 1 saturated heterocycles. The quantitative estimate of drug-likeness (QED) is 0.719. The Morgan fingerprint density at radius 3 is 2.62 bits per heavy atom. The van der Waals surface area contributed by atoms with Crippen LogP contribution in [0.3, 0.4) is 0 Å². The molecule has 3 N–H and O–H groups in total. The summed E-state index contributed by atoms with van der Waals surface area (Å²) in [6.07, 6.45) is 5.73. The molecule has 1 spiro atoms. The Balaban J connectivity index is 1.44. The second kappa shape index (κ2) is 6.29. The lowest BCUT2D eigenvalue weighted by Crippen LogP contribution is -2.52.